The van der Waals surface area contributed by atoms with Crippen molar-refractivity contribution in [2.45, 2.75) is 13.0 Å². The molecule has 0 radical (unpaired) electrons. The molecule has 0 atom stereocenters. The number of aromatic nitrogens is 2. The first-order valence-electron chi connectivity index (χ1n) is 8.54. The number of nitrogens with zero attached hydrogens (tertiary/aromatic N) is 3. The van der Waals surface area contributed by atoms with Crippen molar-refractivity contribution in [3.8, 4) is 5.75 Å². The van der Waals surface area contributed by atoms with E-state index < -0.39 is 0 Å². The highest BCUT2D eigenvalue weighted by Gasteiger charge is 2.28. The molecule has 0 bridgehead atoms. The molecule has 0 unspecified atom stereocenters. The van der Waals surface area contributed by atoms with Gasteiger partial charge in [0.2, 0.25) is 11.9 Å². The highest BCUT2D eigenvalue weighted by molar-refractivity contribution is 5.98. The maximum absolute atomic E-state index is 12.9. The van der Waals surface area contributed by atoms with Crippen LogP contribution in [0.3, 0.4) is 0 Å². The van der Waals surface area contributed by atoms with Crippen molar-refractivity contribution in [1.82, 2.24) is 9.55 Å². The topological polar surface area (TPSA) is 60.5 Å². The Morgan fingerprint density at radius 1 is 1.23 bits per heavy atom. The number of amides is 1. The van der Waals surface area contributed by atoms with Crippen molar-refractivity contribution in [3.05, 3.63) is 54.3 Å². The molecule has 2 aromatic heterocycles. The lowest BCUT2D eigenvalue weighted by atomic mass is 10.1. The van der Waals surface area contributed by atoms with E-state index >= 15 is 0 Å². The quantitative estimate of drug-likeness (QED) is 0.570. The van der Waals surface area contributed by atoms with Gasteiger partial charge in [-0.2, -0.15) is 0 Å². The first kappa shape index (κ1) is 15.0. The van der Waals surface area contributed by atoms with Crippen LogP contribution < -0.4 is 9.64 Å². The standard InChI is InChI=1S/C20H17N3O3/c1-25-14-6-7-15-13(12-26-18(15)11-14)10-19(24)23-9-8-22-17-5-3-2-4-16(17)21-20(22)23/h2-7,11-12H,8-10H2,1H3. The molecule has 1 aliphatic rings. The van der Waals surface area contributed by atoms with Crippen molar-refractivity contribution >= 4 is 33.9 Å². The second-order valence-corrected chi connectivity index (χ2v) is 6.40. The summed E-state index contributed by atoms with van der Waals surface area (Å²) < 4.78 is 12.9. The van der Waals surface area contributed by atoms with Crippen LogP contribution in [-0.2, 0) is 17.8 Å². The number of furan rings is 1. The minimum Gasteiger partial charge on any atom is -0.497 e. The van der Waals surface area contributed by atoms with E-state index in [1.54, 1.807) is 18.3 Å². The van der Waals surface area contributed by atoms with Crippen LogP contribution in [0.5, 0.6) is 5.75 Å². The van der Waals surface area contributed by atoms with Gasteiger partial charge in [0.15, 0.2) is 0 Å². The number of anilines is 1. The van der Waals surface area contributed by atoms with Gasteiger partial charge in [-0.1, -0.05) is 12.1 Å². The Hall–Kier alpha value is -3.28. The van der Waals surface area contributed by atoms with E-state index in [9.17, 15) is 4.79 Å². The molecule has 0 saturated heterocycles. The normalized spacial score (nSPS) is 13.5. The highest BCUT2D eigenvalue weighted by Crippen LogP contribution is 2.29. The van der Waals surface area contributed by atoms with Crippen LogP contribution in [0.1, 0.15) is 5.56 Å². The third-order valence-electron chi connectivity index (χ3n) is 4.93. The Kier molecular flexibility index (Phi) is 3.25. The molecule has 0 N–H and O–H groups in total. The molecule has 0 fully saturated rings. The van der Waals surface area contributed by atoms with Crippen molar-refractivity contribution in [2.75, 3.05) is 18.6 Å². The molecule has 0 spiro atoms. The number of methoxy groups -OCH3 is 1. The summed E-state index contributed by atoms with van der Waals surface area (Å²) >= 11 is 0. The minimum absolute atomic E-state index is 0.0255. The molecule has 0 saturated carbocycles. The van der Waals surface area contributed by atoms with Crippen LogP contribution in [0.25, 0.3) is 22.0 Å². The predicted molar refractivity (Wildman–Crippen MR) is 98.6 cm³/mol. The lowest BCUT2D eigenvalue weighted by Crippen LogP contribution is -2.30. The summed E-state index contributed by atoms with van der Waals surface area (Å²) in [6.07, 6.45) is 1.93. The van der Waals surface area contributed by atoms with Crippen LogP contribution in [-0.4, -0.2) is 29.1 Å². The van der Waals surface area contributed by atoms with Gasteiger partial charge in [-0.15, -0.1) is 0 Å². The second kappa shape index (κ2) is 5.62. The van der Waals surface area contributed by atoms with E-state index in [1.165, 1.54) is 0 Å². The molecule has 1 amide bonds. The van der Waals surface area contributed by atoms with Crippen molar-refractivity contribution in [3.63, 3.8) is 0 Å². The fraction of sp³-hybridized carbons (Fsp3) is 0.200. The Labute approximate surface area is 149 Å². The monoisotopic (exact) mass is 347 g/mol. The predicted octanol–water partition coefficient (Wildman–Crippen LogP) is 3.38. The molecule has 6 nitrogen and oxygen atoms in total. The van der Waals surface area contributed by atoms with Crippen LogP contribution in [0.15, 0.2) is 53.1 Å². The number of rotatable bonds is 3. The van der Waals surface area contributed by atoms with E-state index in [4.69, 9.17) is 9.15 Å². The molecule has 6 heteroatoms. The number of imidazole rings is 1. The van der Waals surface area contributed by atoms with Gasteiger partial charge < -0.3 is 13.7 Å². The summed E-state index contributed by atoms with van der Waals surface area (Å²) in [5.41, 5.74) is 3.59. The van der Waals surface area contributed by atoms with E-state index in [-0.39, 0.29) is 12.3 Å². The minimum atomic E-state index is 0.0255. The first-order chi connectivity index (χ1) is 12.7. The maximum Gasteiger partial charge on any atom is 0.233 e. The number of benzene rings is 2. The number of carbonyl (C=O) groups excluding carboxylic acids is 1. The summed E-state index contributed by atoms with van der Waals surface area (Å²) in [7, 11) is 1.62. The molecule has 1 aliphatic heterocycles. The van der Waals surface area contributed by atoms with Crippen LogP contribution in [0, 0.1) is 0 Å². The summed E-state index contributed by atoms with van der Waals surface area (Å²) in [4.78, 5) is 19.3. The maximum atomic E-state index is 12.9. The number of hydrogen-bond acceptors (Lipinski definition) is 4. The van der Waals surface area contributed by atoms with E-state index in [1.807, 2.05) is 42.5 Å². The fourth-order valence-corrected chi connectivity index (χ4v) is 3.61. The molecule has 26 heavy (non-hydrogen) atoms. The summed E-state index contributed by atoms with van der Waals surface area (Å²) in [6.45, 7) is 1.42. The number of fused-ring (bicyclic) bond motifs is 4. The van der Waals surface area contributed by atoms with Crippen molar-refractivity contribution in [2.24, 2.45) is 0 Å². The van der Waals surface area contributed by atoms with E-state index in [0.29, 0.717) is 6.54 Å². The zero-order chi connectivity index (χ0) is 17.7. The smallest absolute Gasteiger partial charge is 0.233 e. The Morgan fingerprint density at radius 3 is 3.00 bits per heavy atom. The molecule has 3 heterocycles. The Balaban J connectivity index is 1.45. The number of hydrogen-bond donors (Lipinski definition) is 0. The second-order valence-electron chi connectivity index (χ2n) is 6.40. The Bertz CT molecular complexity index is 1140. The molecule has 130 valence electrons. The molecular weight excluding hydrogens is 330 g/mol. The highest BCUT2D eigenvalue weighted by atomic mass is 16.5. The third-order valence-corrected chi connectivity index (χ3v) is 4.93. The van der Waals surface area contributed by atoms with Gasteiger partial charge in [0.25, 0.3) is 0 Å². The van der Waals surface area contributed by atoms with Gasteiger partial charge in [-0.25, -0.2) is 4.98 Å². The van der Waals surface area contributed by atoms with E-state index in [0.717, 1.165) is 45.8 Å². The zero-order valence-electron chi connectivity index (χ0n) is 14.3. The van der Waals surface area contributed by atoms with Crippen LogP contribution in [0.4, 0.5) is 5.95 Å². The first-order valence-corrected chi connectivity index (χ1v) is 8.54. The van der Waals surface area contributed by atoms with Gasteiger partial charge >= 0.3 is 0 Å². The summed E-state index contributed by atoms with van der Waals surface area (Å²) in [6, 6.07) is 13.6. The number of ether oxygens (including phenoxy) is 1. The molecule has 0 aliphatic carbocycles. The lowest BCUT2D eigenvalue weighted by molar-refractivity contribution is -0.117. The van der Waals surface area contributed by atoms with Gasteiger partial charge in [-0.3, -0.25) is 9.69 Å². The average Bonchev–Trinajstić information content (AvgIpc) is 3.34. The number of carbonyl (C=O) groups is 1. The van der Waals surface area contributed by atoms with Crippen LogP contribution >= 0.6 is 0 Å². The van der Waals surface area contributed by atoms with Crippen molar-refractivity contribution < 1.29 is 13.9 Å². The largest absolute Gasteiger partial charge is 0.497 e. The number of para-hydroxylation sites is 2. The molecule has 4 aromatic rings. The SMILES string of the molecule is COc1ccc2c(CC(=O)N3CCn4c3nc3ccccc34)coc2c1. The van der Waals surface area contributed by atoms with Gasteiger partial charge in [0.05, 0.1) is 30.8 Å². The Morgan fingerprint density at radius 2 is 2.12 bits per heavy atom. The van der Waals surface area contributed by atoms with Gasteiger partial charge in [-0.05, 0) is 24.3 Å². The zero-order valence-corrected chi connectivity index (χ0v) is 14.3. The molecular formula is C20H17N3O3. The van der Waals surface area contributed by atoms with Crippen LogP contribution in [0.2, 0.25) is 0 Å². The van der Waals surface area contributed by atoms with Crippen molar-refractivity contribution in [1.29, 1.82) is 0 Å². The molecule has 2 aromatic carbocycles. The average molecular weight is 347 g/mol. The van der Waals surface area contributed by atoms with Gasteiger partial charge in [0, 0.05) is 30.1 Å². The van der Waals surface area contributed by atoms with Gasteiger partial charge in [0.1, 0.15) is 11.3 Å². The summed E-state index contributed by atoms with van der Waals surface area (Å²) in [5.74, 6) is 1.49. The summed E-state index contributed by atoms with van der Waals surface area (Å²) in [5, 5.41) is 0.937. The third kappa shape index (κ3) is 2.19. The fourth-order valence-electron chi connectivity index (χ4n) is 3.61. The molecule has 5 rings (SSSR count). The van der Waals surface area contributed by atoms with E-state index in [2.05, 4.69) is 9.55 Å². The lowest BCUT2D eigenvalue weighted by Gasteiger charge is -2.13.